The third-order valence-corrected chi connectivity index (χ3v) is 4.71. The molecule has 22 heavy (non-hydrogen) atoms. The van der Waals surface area contributed by atoms with Crippen molar-refractivity contribution in [2.45, 2.75) is 37.9 Å². The Morgan fingerprint density at radius 2 is 2.14 bits per heavy atom. The topological polar surface area (TPSA) is 41.6 Å². The van der Waals surface area contributed by atoms with Crippen LogP contribution >= 0.6 is 24.0 Å². The standard InChI is InChI=1S/C16H21ClN2O2.ClH/c1-21-16(20)11-2-5-15(17)12(8-11)10-19(13-3-4-13)14-6-7-18-9-14;/h2,5,8,13-14,18H,3-4,6-7,9-10H2,1H3;1H. The first kappa shape index (κ1) is 17.5. The van der Waals surface area contributed by atoms with Gasteiger partial charge in [-0.05, 0) is 49.6 Å². The summed E-state index contributed by atoms with van der Waals surface area (Å²) in [5.74, 6) is -0.312. The predicted octanol–water partition coefficient (Wildman–Crippen LogP) is 2.87. The van der Waals surface area contributed by atoms with Crippen molar-refractivity contribution in [3.63, 3.8) is 0 Å². The van der Waals surface area contributed by atoms with E-state index >= 15 is 0 Å². The fourth-order valence-electron chi connectivity index (χ4n) is 3.02. The lowest BCUT2D eigenvalue weighted by molar-refractivity contribution is 0.0600. The van der Waals surface area contributed by atoms with E-state index in [4.69, 9.17) is 16.3 Å². The molecule has 1 atom stereocenters. The minimum atomic E-state index is -0.312. The Balaban J connectivity index is 0.00000176. The summed E-state index contributed by atoms with van der Waals surface area (Å²) < 4.78 is 4.79. The zero-order valence-electron chi connectivity index (χ0n) is 12.7. The molecule has 3 rings (SSSR count). The lowest BCUT2D eigenvalue weighted by Gasteiger charge is -2.28. The molecule has 4 nitrogen and oxygen atoms in total. The van der Waals surface area contributed by atoms with Gasteiger partial charge in [-0.25, -0.2) is 4.79 Å². The number of benzene rings is 1. The lowest BCUT2D eigenvalue weighted by atomic mass is 10.1. The smallest absolute Gasteiger partial charge is 0.337 e. The normalized spacial score (nSPS) is 20.8. The molecular formula is C16H22Cl2N2O2. The monoisotopic (exact) mass is 344 g/mol. The molecule has 2 fully saturated rings. The van der Waals surface area contributed by atoms with Crippen LogP contribution in [-0.4, -0.2) is 43.2 Å². The molecular weight excluding hydrogens is 323 g/mol. The van der Waals surface area contributed by atoms with Crippen LogP contribution in [0.15, 0.2) is 18.2 Å². The van der Waals surface area contributed by atoms with Crippen LogP contribution in [0.3, 0.4) is 0 Å². The van der Waals surface area contributed by atoms with Gasteiger partial charge in [0.05, 0.1) is 12.7 Å². The van der Waals surface area contributed by atoms with Gasteiger partial charge in [0.15, 0.2) is 0 Å². The highest BCUT2D eigenvalue weighted by molar-refractivity contribution is 6.31. The van der Waals surface area contributed by atoms with E-state index in [2.05, 4.69) is 10.2 Å². The van der Waals surface area contributed by atoms with Crippen molar-refractivity contribution < 1.29 is 9.53 Å². The van der Waals surface area contributed by atoms with Gasteiger partial charge in [0, 0.05) is 30.2 Å². The molecule has 1 aliphatic heterocycles. The largest absolute Gasteiger partial charge is 0.465 e. The average molecular weight is 345 g/mol. The van der Waals surface area contributed by atoms with E-state index in [0.29, 0.717) is 17.6 Å². The Hall–Kier alpha value is -0.810. The van der Waals surface area contributed by atoms with Crippen molar-refractivity contribution in [2.75, 3.05) is 20.2 Å². The zero-order chi connectivity index (χ0) is 14.8. The summed E-state index contributed by atoms with van der Waals surface area (Å²) in [6, 6.07) is 6.63. The average Bonchev–Trinajstić information content (AvgIpc) is 3.19. The quantitative estimate of drug-likeness (QED) is 0.834. The Morgan fingerprint density at radius 1 is 1.36 bits per heavy atom. The van der Waals surface area contributed by atoms with Crippen molar-refractivity contribution in [2.24, 2.45) is 0 Å². The molecule has 1 unspecified atom stereocenters. The van der Waals surface area contributed by atoms with Crippen molar-refractivity contribution >= 4 is 30.0 Å². The first-order valence-corrected chi connectivity index (χ1v) is 7.90. The number of ether oxygens (including phenoxy) is 1. The lowest BCUT2D eigenvalue weighted by Crippen LogP contribution is -2.38. The zero-order valence-corrected chi connectivity index (χ0v) is 14.3. The van der Waals surface area contributed by atoms with Crippen LogP contribution < -0.4 is 5.32 Å². The number of hydrogen-bond acceptors (Lipinski definition) is 4. The van der Waals surface area contributed by atoms with Crippen molar-refractivity contribution in [1.82, 2.24) is 10.2 Å². The number of nitrogens with zero attached hydrogens (tertiary/aromatic N) is 1. The first-order chi connectivity index (χ1) is 10.2. The van der Waals surface area contributed by atoms with E-state index in [1.54, 1.807) is 12.1 Å². The number of methoxy groups -OCH3 is 1. The molecule has 1 N–H and O–H groups in total. The van der Waals surface area contributed by atoms with E-state index in [-0.39, 0.29) is 18.4 Å². The van der Waals surface area contributed by atoms with Crippen LogP contribution in [0.2, 0.25) is 5.02 Å². The molecule has 1 aromatic rings. The first-order valence-electron chi connectivity index (χ1n) is 7.52. The maximum absolute atomic E-state index is 11.7. The molecule has 6 heteroatoms. The number of hydrogen-bond donors (Lipinski definition) is 1. The molecule has 2 aliphatic rings. The van der Waals surface area contributed by atoms with E-state index in [0.717, 1.165) is 30.2 Å². The van der Waals surface area contributed by atoms with Crippen molar-refractivity contribution in [3.8, 4) is 0 Å². The number of carbonyl (C=O) groups is 1. The van der Waals surface area contributed by atoms with Gasteiger partial charge in [-0.2, -0.15) is 0 Å². The van der Waals surface area contributed by atoms with Gasteiger partial charge in [-0.1, -0.05) is 11.6 Å². The summed E-state index contributed by atoms with van der Waals surface area (Å²) in [4.78, 5) is 14.2. The minimum absolute atomic E-state index is 0. The minimum Gasteiger partial charge on any atom is -0.465 e. The van der Waals surface area contributed by atoms with Gasteiger partial charge in [-0.15, -0.1) is 12.4 Å². The summed E-state index contributed by atoms with van der Waals surface area (Å²) >= 11 is 6.33. The highest BCUT2D eigenvalue weighted by atomic mass is 35.5. The molecule has 0 amide bonds. The van der Waals surface area contributed by atoms with E-state index in [1.807, 2.05) is 6.07 Å². The molecule has 1 saturated heterocycles. The molecule has 0 radical (unpaired) electrons. The Bertz CT molecular complexity index is 529. The van der Waals surface area contributed by atoms with Gasteiger partial charge in [0.25, 0.3) is 0 Å². The number of carbonyl (C=O) groups excluding carboxylic acids is 1. The third kappa shape index (κ3) is 3.93. The van der Waals surface area contributed by atoms with E-state index < -0.39 is 0 Å². The summed E-state index contributed by atoms with van der Waals surface area (Å²) in [7, 11) is 1.40. The van der Waals surface area contributed by atoms with Gasteiger partial charge in [0.2, 0.25) is 0 Å². The Morgan fingerprint density at radius 3 is 2.73 bits per heavy atom. The van der Waals surface area contributed by atoms with Crippen LogP contribution in [0.5, 0.6) is 0 Å². The SMILES string of the molecule is COC(=O)c1ccc(Cl)c(CN(C2CC2)C2CCNC2)c1.Cl. The van der Waals surface area contributed by atoms with Crippen LogP contribution in [0, 0.1) is 0 Å². The molecule has 0 bridgehead atoms. The number of nitrogens with one attached hydrogen (secondary N) is 1. The van der Waals surface area contributed by atoms with Crippen molar-refractivity contribution in [1.29, 1.82) is 0 Å². The summed E-state index contributed by atoms with van der Waals surface area (Å²) in [5, 5.41) is 4.15. The second-order valence-electron chi connectivity index (χ2n) is 5.85. The van der Waals surface area contributed by atoms with Crippen molar-refractivity contribution in [3.05, 3.63) is 34.3 Å². The van der Waals surface area contributed by atoms with Gasteiger partial charge in [0.1, 0.15) is 0 Å². The van der Waals surface area contributed by atoms with Crippen LogP contribution in [0.4, 0.5) is 0 Å². The number of rotatable bonds is 5. The van der Waals surface area contributed by atoms with E-state index in [9.17, 15) is 4.79 Å². The van der Waals surface area contributed by atoms with Gasteiger partial charge >= 0.3 is 5.97 Å². The predicted molar refractivity (Wildman–Crippen MR) is 89.9 cm³/mol. The molecule has 0 spiro atoms. The highest BCUT2D eigenvalue weighted by Crippen LogP contribution is 2.33. The van der Waals surface area contributed by atoms with Crippen LogP contribution in [-0.2, 0) is 11.3 Å². The maximum Gasteiger partial charge on any atom is 0.337 e. The maximum atomic E-state index is 11.7. The molecule has 1 heterocycles. The Kier molecular flexibility index (Phi) is 6.09. The fraction of sp³-hybridized carbons (Fsp3) is 0.562. The second-order valence-corrected chi connectivity index (χ2v) is 6.26. The number of esters is 1. The van der Waals surface area contributed by atoms with E-state index in [1.165, 1.54) is 26.4 Å². The molecule has 1 saturated carbocycles. The van der Waals surface area contributed by atoms with Gasteiger partial charge in [-0.3, -0.25) is 4.90 Å². The molecule has 1 aliphatic carbocycles. The van der Waals surface area contributed by atoms with Crippen LogP contribution in [0.1, 0.15) is 35.2 Å². The Labute approximate surface area is 142 Å². The fourth-order valence-corrected chi connectivity index (χ4v) is 3.20. The molecule has 1 aromatic carbocycles. The summed E-state index contributed by atoms with van der Waals surface area (Å²) in [5.41, 5.74) is 1.58. The highest BCUT2D eigenvalue weighted by Gasteiger charge is 2.35. The number of halogens is 2. The summed E-state index contributed by atoms with van der Waals surface area (Å²) in [6.45, 7) is 2.94. The third-order valence-electron chi connectivity index (χ3n) is 4.34. The summed E-state index contributed by atoms with van der Waals surface area (Å²) in [6.07, 6.45) is 3.72. The molecule has 122 valence electrons. The van der Waals surface area contributed by atoms with Gasteiger partial charge < -0.3 is 10.1 Å². The second kappa shape index (κ2) is 7.64. The molecule has 0 aromatic heterocycles. The van der Waals surface area contributed by atoms with Crippen LogP contribution in [0.25, 0.3) is 0 Å².